The average molecular weight is 551 g/mol. The predicted molar refractivity (Wildman–Crippen MR) is 132 cm³/mol. The number of carbonyl (C=O) groups is 5. The summed E-state index contributed by atoms with van der Waals surface area (Å²) in [5, 5.41) is 23.4. The van der Waals surface area contributed by atoms with Crippen molar-refractivity contribution >= 4 is 53.2 Å². The molecular formula is C24H24Cl2N4O7. The molecule has 1 fully saturated rings. The number of nitrogens with zero attached hydrogens (tertiary/aromatic N) is 2. The Hall–Kier alpha value is -3.70. The van der Waals surface area contributed by atoms with Crippen LogP contribution in [0.4, 0.5) is 0 Å². The molecule has 0 unspecified atom stereocenters. The summed E-state index contributed by atoms with van der Waals surface area (Å²) in [5.41, 5.74) is 0.653. The van der Waals surface area contributed by atoms with E-state index in [1.165, 1.54) is 23.2 Å². The van der Waals surface area contributed by atoms with E-state index in [1.807, 2.05) is 0 Å². The lowest BCUT2D eigenvalue weighted by Crippen LogP contribution is -2.55. The summed E-state index contributed by atoms with van der Waals surface area (Å²) in [6.07, 6.45) is 3.67. The summed E-state index contributed by atoms with van der Waals surface area (Å²) in [7, 11) is 0. The molecule has 0 radical (unpaired) electrons. The van der Waals surface area contributed by atoms with Gasteiger partial charge < -0.3 is 30.5 Å². The summed E-state index contributed by atoms with van der Waals surface area (Å²) >= 11 is 11.9. The highest BCUT2D eigenvalue weighted by atomic mass is 35.5. The molecule has 4 N–H and O–H groups in total. The molecule has 1 aliphatic heterocycles. The Balaban J connectivity index is 1.83. The molecule has 0 aliphatic carbocycles. The minimum atomic E-state index is -1.26. The molecule has 0 bridgehead atoms. The molecule has 2 aromatic rings. The molecule has 2 heterocycles. The summed E-state index contributed by atoms with van der Waals surface area (Å²) < 4.78 is 0. The van der Waals surface area contributed by atoms with E-state index in [4.69, 9.17) is 28.3 Å². The number of carboxylic acids is 1. The van der Waals surface area contributed by atoms with Gasteiger partial charge >= 0.3 is 5.97 Å². The van der Waals surface area contributed by atoms with Crippen molar-refractivity contribution in [3.63, 3.8) is 0 Å². The number of carbonyl (C=O) groups excluding carboxylic acids is 4. The Kier molecular flexibility index (Phi) is 9.42. The van der Waals surface area contributed by atoms with Gasteiger partial charge in [0.05, 0.1) is 22.5 Å². The maximum atomic E-state index is 13.6. The zero-order valence-corrected chi connectivity index (χ0v) is 20.9. The topological polar surface area (TPSA) is 166 Å². The summed E-state index contributed by atoms with van der Waals surface area (Å²) in [6.45, 7) is 0.220. The standard InChI is InChI=1S/C24H24Cl2N4O7/c25-16-8-14(9-17(26)21(16)34)22(35)29-18(7-13-3-1-5-27-11-13)24(37)30-6-2-4-19(30)23(36)28-15(12-31)10-20(32)33/h1,3,5,8-9,11-12,15,18-19,34H,2,4,6-7,10H2,(H,28,36)(H,29,35)(H,32,33)/t15-,18-,19-/m0/s1. The Bertz CT molecular complexity index is 1170. The van der Waals surface area contributed by atoms with Crippen LogP contribution in [-0.4, -0.2) is 74.7 Å². The van der Waals surface area contributed by atoms with E-state index >= 15 is 0 Å². The van der Waals surface area contributed by atoms with Gasteiger partial charge in [-0.25, -0.2) is 0 Å². The van der Waals surface area contributed by atoms with Crippen LogP contribution < -0.4 is 10.6 Å². The van der Waals surface area contributed by atoms with Crippen LogP contribution in [0.2, 0.25) is 10.0 Å². The molecule has 37 heavy (non-hydrogen) atoms. The smallest absolute Gasteiger partial charge is 0.305 e. The third kappa shape index (κ3) is 7.17. The molecule has 0 saturated carbocycles. The number of nitrogens with one attached hydrogen (secondary N) is 2. The van der Waals surface area contributed by atoms with Crippen molar-refractivity contribution < 1.29 is 34.2 Å². The molecule has 3 rings (SSSR count). The number of hydrogen-bond acceptors (Lipinski definition) is 7. The number of aromatic nitrogens is 1. The lowest BCUT2D eigenvalue weighted by Gasteiger charge is -2.29. The first-order valence-electron chi connectivity index (χ1n) is 11.3. The molecular weight excluding hydrogens is 527 g/mol. The number of pyridine rings is 1. The second-order valence-electron chi connectivity index (χ2n) is 8.42. The maximum Gasteiger partial charge on any atom is 0.305 e. The number of rotatable bonds is 10. The first-order chi connectivity index (χ1) is 17.6. The van der Waals surface area contributed by atoms with Gasteiger partial charge in [0.25, 0.3) is 5.91 Å². The first-order valence-corrected chi connectivity index (χ1v) is 12.0. The van der Waals surface area contributed by atoms with E-state index < -0.39 is 48.2 Å². The lowest BCUT2D eigenvalue weighted by atomic mass is 10.0. The molecule has 196 valence electrons. The van der Waals surface area contributed by atoms with E-state index in [0.29, 0.717) is 24.7 Å². The number of aromatic hydroxyl groups is 1. The van der Waals surface area contributed by atoms with Crippen molar-refractivity contribution in [2.45, 2.75) is 43.8 Å². The lowest BCUT2D eigenvalue weighted by molar-refractivity contribution is -0.142. The van der Waals surface area contributed by atoms with Gasteiger partial charge in [-0.05, 0) is 36.6 Å². The molecule has 1 aromatic heterocycles. The quantitative estimate of drug-likeness (QED) is 0.323. The van der Waals surface area contributed by atoms with Gasteiger partial charge in [0.1, 0.15) is 18.4 Å². The third-order valence-corrected chi connectivity index (χ3v) is 6.35. The number of aliphatic carboxylic acids is 1. The highest BCUT2D eigenvalue weighted by Gasteiger charge is 2.38. The number of carboxylic acid groups (broad SMARTS) is 1. The van der Waals surface area contributed by atoms with Gasteiger partial charge in [-0.15, -0.1) is 0 Å². The Morgan fingerprint density at radius 1 is 1.19 bits per heavy atom. The normalized spacial score (nSPS) is 16.5. The second kappa shape index (κ2) is 12.5. The molecule has 0 spiro atoms. The number of likely N-dealkylation sites (tertiary alicyclic amines) is 1. The number of halogens is 2. The summed E-state index contributed by atoms with van der Waals surface area (Å²) in [5.74, 6) is -3.54. The van der Waals surface area contributed by atoms with E-state index in [9.17, 15) is 29.1 Å². The van der Waals surface area contributed by atoms with E-state index in [-0.39, 0.29) is 34.3 Å². The minimum Gasteiger partial charge on any atom is -0.505 e. The van der Waals surface area contributed by atoms with Gasteiger partial charge in [0.2, 0.25) is 11.8 Å². The summed E-state index contributed by atoms with van der Waals surface area (Å²) in [6, 6.07) is 2.51. The van der Waals surface area contributed by atoms with Crippen LogP contribution in [0.5, 0.6) is 5.75 Å². The van der Waals surface area contributed by atoms with E-state index in [0.717, 1.165) is 0 Å². The van der Waals surface area contributed by atoms with Crippen molar-refractivity contribution in [1.29, 1.82) is 0 Å². The highest BCUT2D eigenvalue weighted by molar-refractivity contribution is 6.37. The Morgan fingerprint density at radius 2 is 1.89 bits per heavy atom. The number of aldehydes is 1. The van der Waals surface area contributed by atoms with Gasteiger partial charge in [0.15, 0.2) is 5.75 Å². The fourth-order valence-corrected chi connectivity index (χ4v) is 4.48. The van der Waals surface area contributed by atoms with Gasteiger partial charge in [-0.2, -0.15) is 0 Å². The van der Waals surface area contributed by atoms with Gasteiger partial charge in [-0.1, -0.05) is 29.3 Å². The minimum absolute atomic E-state index is 0.00926. The predicted octanol–water partition coefficient (Wildman–Crippen LogP) is 1.58. The van der Waals surface area contributed by atoms with Crippen LogP contribution in [-0.2, 0) is 25.6 Å². The molecule has 1 aromatic carbocycles. The SMILES string of the molecule is O=C[C@H](CC(=O)O)NC(=O)[C@@H]1CCCN1C(=O)[C@H](Cc1cccnc1)NC(=O)c1cc(Cl)c(O)c(Cl)c1. The molecule has 13 heteroatoms. The van der Waals surface area contributed by atoms with E-state index in [2.05, 4.69) is 15.6 Å². The fraction of sp³-hybridized carbons (Fsp3) is 0.333. The van der Waals surface area contributed by atoms with Gasteiger partial charge in [-0.3, -0.25) is 24.2 Å². The molecule has 3 amide bonds. The zero-order valence-electron chi connectivity index (χ0n) is 19.4. The summed E-state index contributed by atoms with van der Waals surface area (Å²) in [4.78, 5) is 66.9. The molecule has 11 nitrogen and oxygen atoms in total. The van der Waals surface area contributed by atoms with Crippen LogP contribution in [0.25, 0.3) is 0 Å². The van der Waals surface area contributed by atoms with Crippen LogP contribution >= 0.6 is 23.2 Å². The van der Waals surface area contributed by atoms with Crippen LogP contribution in [0.3, 0.4) is 0 Å². The Labute approximate surface area is 221 Å². The first kappa shape index (κ1) is 27.9. The Morgan fingerprint density at radius 3 is 2.49 bits per heavy atom. The van der Waals surface area contributed by atoms with Crippen LogP contribution in [0.15, 0.2) is 36.7 Å². The number of amides is 3. The largest absolute Gasteiger partial charge is 0.505 e. The highest BCUT2D eigenvalue weighted by Crippen LogP contribution is 2.32. The van der Waals surface area contributed by atoms with Crippen LogP contribution in [0.1, 0.15) is 35.2 Å². The van der Waals surface area contributed by atoms with Gasteiger partial charge in [0, 0.05) is 30.9 Å². The number of phenolic OH excluding ortho intramolecular Hbond substituents is 1. The monoisotopic (exact) mass is 550 g/mol. The molecule has 1 aliphatic rings. The number of phenols is 1. The molecule has 3 atom stereocenters. The second-order valence-corrected chi connectivity index (χ2v) is 9.23. The van der Waals surface area contributed by atoms with Crippen molar-refractivity contribution in [1.82, 2.24) is 20.5 Å². The number of benzene rings is 1. The van der Waals surface area contributed by atoms with Crippen LogP contribution in [0, 0.1) is 0 Å². The average Bonchev–Trinajstić information content (AvgIpc) is 3.36. The maximum absolute atomic E-state index is 13.6. The fourth-order valence-electron chi connectivity index (χ4n) is 4.00. The van der Waals surface area contributed by atoms with Crippen molar-refractivity contribution in [2.75, 3.05) is 6.54 Å². The van der Waals surface area contributed by atoms with Crippen molar-refractivity contribution in [3.8, 4) is 5.75 Å². The van der Waals surface area contributed by atoms with E-state index in [1.54, 1.807) is 18.3 Å². The number of hydrogen-bond donors (Lipinski definition) is 4. The van der Waals surface area contributed by atoms with Crippen molar-refractivity contribution in [3.05, 3.63) is 57.8 Å². The zero-order chi connectivity index (χ0) is 27.1. The molecule has 1 saturated heterocycles. The third-order valence-electron chi connectivity index (χ3n) is 5.77. The van der Waals surface area contributed by atoms with Crippen molar-refractivity contribution in [2.24, 2.45) is 0 Å².